The molecule has 0 amide bonds. The predicted octanol–water partition coefficient (Wildman–Crippen LogP) is 2.83. The van der Waals surface area contributed by atoms with Crippen molar-refractivity contribution in [1.82, 2.24) is 9.96 Å². The summed E-state index contributed by atoms with van der Waals surface area (Å²) in [7, 11) is 0. The third-order valence-corrected chi connectivity index (χ3v) is 6.20. The molecule has 0 radical (unpaired) electrons. The molecule has 5 nitrogen and oxygen atoms in total. The molecule has 2 saturated heterocycles. The van der Waals surface area contributed by atoms with Crippen LogP contribution in [-0.2, 0) is 11.4 Å². The minimum atomic E-state index is -0.427. The van der Waals surface area contributed by atoms with E-state index in [1.54, 1.807) is 0 Å². The van der Waals surface area contributed by atoms with Gasteiger partial charge in [-0.1, -0.05) is 25.0 Å². The number of hydroxylamine groups is 2. The van der Waals surface area contributed by atoms with Crippen molar-refractivity contribution in [2.24, 2.45) is 5.41 Å². The molecule has 1 aliphatic carbocycles. The van der Waals surface area contributed by atoms with Crippen LogP contribution in [0.25, 0.3) is 0 Å². The molecule has 2 heterocycles. The summed E-state index contributed by atoms with van der Waals surface area (Å²) in [5.41, 5.74) is 1.79. The first kappa shape index (κ1) is 18.2. The third kappa shape index (κ3) is 4.58. The molecule has 144 valence electrons. The van der Waals surface area contributed by atoms with Crippen molar-refractivity contribution in [3.63, 3.8) is 0 Å². The van der Waals surface area contributed by atoms with Crippen molar-refractivity contribution >= 4 is 0 Å². The number of benzene rings is 1. The van der Waals surface area contributed by atoms with E-state index in [9.17, 15) is 5.11 Å². The number of hydrogen-bond acceptors (Lipinski definition) is 5. The lowest BCUT2D eigenvalue weighted by Crippen LogP contribution is -2.35. The summed E-state index contributed by atoms with van der Waals surface area (Å²) in [4.78, 5) is 7.96. The molecule has 1 aromatic rings. The van der Waals surface area contributed by atoms with E-state index in [2.05, 4.69) is 17.0 Å². The molecule has 2 aliphatic heterocycles. The lowest BCUT2D eigenvalue weighted by Gasteiger charge is -2.25. The fraction of sp³-hybridized carbons (Fsp3) is 0.714. The van der Waals surface area contributed by atoms with Crippen LogP contribution < -0.4 is 4.74 Å². The Labute approximate surface area is 156 Å². The highest BCUT2D eigenvalue weighted by molar-refractivity contribution is 5.27. The van der Waals surface area contributed by atoms with Gasteiger partial charge in [-0.15, -0.1) is 0 Å². The average molecular weight is 360 g/mol. The van der Waals surface area contributed by atoms with E-state index in [4.69, 9.17) is 9.57 Å². The van der Waals surface area contributed by atoms with E-state index >= 15 is 0 Å². The Kier molecular flexibility index (Phi) is 5.79. The number of rotatable bonds is 7. The summed E-state index contributed by atoms with van der Waals surface area (Å²) >= 11 is 0. The van der Waals surface area contributed by atoms with E-state index in [1.165, 1.54) is 37.7 Å². The molecule has 1 aromatic carbocycles. The van der Waals surface area contributed by atoms with Gasteiger partial charge in [-0.05, 0) is 55.3 Å². The van der Waals surface area contributed by atoms with Crippen LogP contribution in [0.5, 0.6) is 5.75 Å². The van der Waals surface area contributed by atoms with E-state index in [0.29, 0.717) is 12.0 Å². The Bertz CT molecular complexity index is 565. The highest BCUT2D eigenvalue weighted by atomic mass is 16.7. The normalized spacial score (nSPS) is 24.5. The molecule has 1 atom stereocenters. The minimum Gasteiger partial charge on any atom is -0.491 e. The number of aliphatic hydroxyl groups is 1. The van der Waals surface area contributed by atoms with Crippen molar-refractivity contribution in [1.29, 1.82) is 0 Å². The SMILES string of the molecule is OC(COc1ccc(CN2CCCO2)cc1)CN1CCC2(CCCC2)C1. The number of hydrogen-bond donors (Lipinski definition) is 1. The summed E-state index contributed by atoms with van der Waals surface area (Å²) in [5, 5.41) is 12.4. The van der Waals surface area contributed by atoms with Gasteiger partial charge in [-0.3, -0.25) is 4.84 Å². The monoisotopic (exact) mass is 360 g/mol. The molecule has 1 saturated carbocycles. The maximum atomic E-state index is 10.4. The van der Waals surface area contributed by atoms with Gasteiger partial charge in [0.1, 0.15) is 18.5 Å². The topological polar surface area (TPSA) is 45.2 Å². The second-order valence-corrected chi connectivity index (χ2v) is 8.35. The highest BCUT2D eigenvalue weighted by Gasteiger charge is 2.40. The highest BCUT2D eigenvalue weighted by Crippen LogP contribution is 2.45. The second-order valence-electron chi connectivity index (χ2n) is 8.35. The van der Waals surface area contributed by atoms with Crippen molar-refractivity contribution in [2.75, 3.05) is 39.4 Å². The van der Waals surface area contributed by atoms with Crippen LogP contribution in [0, 0.1) is 5.41 Å². The first-order valence-electron chi connectivity index (χ1n) is 10.2. The van der Waals surface area contributed by atoms with Crippen molar-refractivity contribution in [2.45, 2.75) is 51.2 Å². The number of β-amino-alcohol motifs (C(OH)–C–C–N with tert-alkyl or cyclic N) is 1. The van der Waals surface area contributed by atoms with Crippen molar-refractivity contribution in [3.8, 4) is 5.75 Å². The average Bonchev–Trinajstić information content (AvgIpc) is 3.39. The Morgan fingerprint density at radius 1 is 1.08 bits per heavy atom. The Morgan fingerprint density at radius 2 is 1.88 bits per heavy atom. The second kappa shape index (κ2) is 8.26. The van der Waals surface area contributed by atoms with Gasteiger partial charge in [-0.25, -0.2) is 0 Å². The molecular weight excluding hydrogens is 328 g/mol. The van der Waals surface area contributed by atoms with Gasteiger partial charge in [-0.2, -0.15) is 5.06 Å². The number of nitrogens with zero attached hydrogens (tertiary/aromatic N) is 2. The maximum Gasteiger partial charge on any atom is 0.119 e. The molecule has 26 heavy (non-hydrogen) atoms. The number of likely N-dealkylation sites (tertiary alicyclic amines) is 1. The fourth-order valence-corrected chi connectivity index (χ4v) is 4.78. The van der Waals surface area contributed by atoms with Crippen LogP contribution in [0.4, 0.5) is 0 Å². The van der Waals surface area contributed by atoms with Gasteiger partial charge in [0.15, 0.2) is 0 Å². The van der Waals surface area contributed by atoms with Crippen LogP contribution in [-0.4, -0.2) is 60.6 Å². The third-order valence-electron chi connectivity index (χ3n) is 6.20. The fourth-order valence-electron chi connectivity index (χ4n) is 4.78. The van der Waals surface area contributed by atoms with Crippen LogP contribution in [0.1, 0.15) is 44.1 Å². The molecule has 5 heteroatoms. The Balaban J connectivity index is 1.18. The lowest BCUT2D eigenvalue weighted by molar-refractivity contribution is -0.117. The van der Waals surface area contributed by atoms with E-state index in [0.717, 1.165) is 51.5 Å². The van der Waals surface area contributed by atoms with Crippen molar-refractivity contribution < 1.29 is 14.7 Å². The molecular formula is C21H32N2O3. The Morgan fingerprint density at radius 3 is 2.62 bits per heavy atom. The smallest absolute Gasteiger partial charge is 0.119 e. The molecule has 4 rings (SSSR count). The molecule has 1 unspecified atom stereocenters. The summed E-state index contributed by atoms with van der Waals surface area (Å²) in [6, 6.07) is 8.13. The van der Waals surface area contributed by atoms with Gasteiger partial charge in [0, 0.05) is 26.2 Å². The van der Waals surface area contributed by atoms with E-state index < -0.39 is 6.10 Å². The van der Waals surface area contributed by atoms with Gasteiger partial charge in [0.25, 0.3) is 0 Å². The van der Waals surface area contributed by atoms with E-state index in [-0.39, 0.29) is 0 Å². The molecule has 0 bridgehead atoms. The summed E-state index contributed by atoms with van der Waals surface area (Å²) in [6.45, 7) is 6.03. The first-order chi connectivity index (χ1) is 12.7. The summed E-state index contributed by atoms with van der Waals surface area (Å²) < 4.78 is 5.80. The summed E-state index contributed by atoms with van der Waals surface area (Å²) in [5.74, 6) is 0.823. The minimum absolute atomic E-state index is 0.359. The molecule has 1 N–H and O–H groups in total. The maximum absolute atomic E-state index is 10.4. The number of ether oxygens (including phenoxy) is 1. The zero-order valence-corrected chi connectivity index (χ0v) is 15.7. The van der Waals surface area contributed by atoms with Crippen molar-refractivity contribution in [3.05, 3.63) is 29.8 Å². The zero-order valence-electron chi connectivity index (χ0n) is 15.7. The lowest BCUT2D eigenvalue weighted by atomic mass is 9.86. The standard InChI is InChI=1S/C21H32N2O3/c24-19(15-22-12-10-21(17-22)8-1-2-9-21)16-25-20-6-4-18(5-7-20)14-23-11-3-13-26-23/h4-7,19,24H,1-3,8-17H2. The quantitative estimate of drug-likeness (QED) is 0.810. The summed E-state index contributed by atoms with van der Waals surface area (Å²) in [6.07, 6.45) is 7.53. The zero-order chi connectivity index (χ0) is 17.8. The largest absolute Gasteiger partial charge is 0.491 e. The van der Waals surface area contributed by atoms with Gasteiger partial charge >= 0.3 is 0 Å². The van der Waals surface area contributed by atoms with Crippen LogP contribution in [0.3, 0.4) is 0 Å². The first-order valence-corrected chi connectivity index (χ1v) is 10.2. The predicted molar refractivity (Wildman–Crippen MR) is 101 cm³/mol. The van der Waals surface area contributed by atoms with Crippen LogP contribution in [0.2, 0.25) is 0 Å². The van der Waals surface area contributed by atoms with Gasteiger partial charge in [0.05, 0.1) is 6.61 Å². The van der Waals surface area contributed by atoms with Crippen LogP contribution >= 0.6 is 0 Å². The van der Waals surface area contributed by atoms with E-state index in [1.807, 2.05) is 17.2 Å². The molecule has 1 spiro atoms. The van der Waals surface area contributed by atoms with Gasteiger partial charge < -0.3 is 14.7 Å². The van der Waals surface area contributed by atoms with Crippen LogP contribution in [0.15, 0.2) is 24.3 Å². The number of aliphatic hydroxyl groups excluding tert-OH is 1. The molecule has 3 aliphatic rings. The van der Waals surface area contributed by atoms with Gasteiger partial charge in [0.2, 0.25) is 0 Å². The Hall–Kier alpha value is -1.14. The molecule has 0 aromatic heterocycles. The molecule has 3 fully saturated rings.